The maximum Gasteiger partial charge on any atom is 0.409 e. The van der Waals surface area contributed by atoms with Crippen molar-refractivity contribution in [2.24, 2.45) is 5.41 Å². The van der Waals surface area contributed by atoms with Crippen molar-refractivity contribution in [2.45, 2.75) is 63.8 Å². The minimum absolute atomic E-state index is 0.177. The highest BCUT2D eigenvalue weighted by molar-refractivity contribution is 6.05. The number of nitrogens with zero attached hydrogens (tertiary/aromatic N) is 3. The summed E-state index contributed by atoms with van der Waals surface area (Å²) in [7, 11) is 0. The molecular formula is C34H35N5O6. The van der Waals surface area contributed by atoms with Crippen LogP contribution < -0.4 is 15.4 Å². The van der Waals surface area contributed by atoms with Gasteiger partial charge >= 0.3 is 6.09 Å². The van der Waals surface area contributed by atoms with E-state index in [4.69, 9.17) is 9.84 Å². The van der Waals surface area contributed by atoms with Crippen molar-refractivity contribution in [3.63, 3.8) is 0 Å². The molecule has 1 spiro atoms. The number of aromatic nitrogens is 1. The highest BCUT2D eigenvalue weighted by Gasteiger charge is 2.47. The van der Waals surface area contributed by atoms with E-state index in [1.807, 2.05) is 24.4 Å². The molecule has 1 aliphatic carbocycles. The van der Waals surface area contributed by atoms with Gasteiger partial charge in [-0.2, -0.15) is 0 Å². The predicted molar refractivity (Wildman–Crippen MR) is 164 cm³/mol. The van der Waals surface area contributed by atoms with Crippen LogP contribution in [0.5, 0.6) is 5.75 Å². The second kappa shape index (κ2) is 11.6. The Morgan fingerprint density at radius 3 is 2.56 bits per heavy atom. The molecule has 4 aliphatic rings. The van der Waals surface area contributed by atoms with Crippen molar-refractivity contribution >= 4 is 29.5 Å². The quantitative estimate of drug-likeness (QED) is 0.335. The van der Waals surface area contributed by atoms with E-state index < -0.39 is 18.0 Å². The van der Waals surface area contributed by atoms with Crippen LogP contribution in [0.3, 0.4) is 0 Å². The van der Waals surface area contributed by atoms with Crippen LogP contribution in [-0.2, 0) is 22.7 Å². The molecule has 45 heavy (non-hydrogen) atoms. The van der Waals surface area contributed by atoms with Crippen molar-refractivity contribution in [3.8, 4) is 17.0 Å². The number of anilines is 1. The standard InChI is InChI=1S/C34H35N5O6/c40-30-8-7-29(31(41)37-30)39-20-23-16-22(1-6-27(23)32(39)42)28-15-21(9-12-35-28)19-38-13-10-34(11-14-38)17-26(18-34)45-25-4-2-24(3-5-25)36-33(43)44/h1-6,9,12,15-16,26,29,36H,7-8,10-11,13-14,17-20H2,(H,43,44)(H,37,40,41). The fourth-order valence-electron chi connectivity index (χ4n) is 7.24. The largest absolute Gasteiger partial charge is 0.490 e. The molecule has 1 aromatic heterocycles. The van der Waals surface area contributed by atoms with Crippen LogP contribution in [0.15, 0.2) is 60.8 Å². The van der Waals surface area contributed by atoms with E-state index in [1.165, 1.54) is 5.56 Å². The number of piperidine rings is 2. The number of rotatable bonds is 7. The van der Waals surface area contributed by atoms with Crippen LogP contribution >= 0.6 is 0 Å². The molecule has 4 heterocycles. The Hall–Kier alpha value is -4.77. The Bertz CT molecular complexity index is 1660. The Morgan fingerprint density at radius 2 is 1.82 bits per heavy atom. The van der Waals surface area contributed by atoms with Crippen LogP contribution in [0.4, 0.5) is 10.5 Å². The summed E-state index contributed by atoms with van der Waals surface area (Å²) in [5.41, 5.74) is 5.28. The zero-order valence-corrected chi connectivity index (χ0v) is 24.8. The van der Waals surface area contributed by atoms with E-state index >= 15 is 0 Å². The van der Waals surface area contributed by atoms with Gasteiger partial charge in [0, 0.05) is 42.5 Å². The van der Waals surface area contributed by atoms with Crippen LogP contribution in [0.2, 0.25) is 0 Å². The number of hydrogen-bond donors (Lipinski definition) is 3. The number of fused-ring (bicyclic) bond motifs is 1. The van der Waals surface area contributed by atoms with Gasteiger partial charge in [0.1, 0.15) is 11.8 Å². The monoisotopic (exact) mass is 609 g/mol. The summed E-state index contributed by atoms with van der Waals surface area (Å²) in [6, 6.07) is 16.3. The molecule has 3 aromatic rings. The number of pyridine rings is 1. The summed E-state index contributed by atoms with van der Waals surface area (Å²) in [5, 5.41) is 13.5. The first-order valence-corrected chi connectivity index (χ1v) is 15.5. The smallest absolute Gasteiger partial charge is 0.409 e. The van der Waals surface area contributed by atoms with E-state index in [1.54, 1.807) is 29.2 Å². The first-order valence-electron chi connectivity index (χ1n) is 15.5. The first kappa shape index (κ1) is 29.0. The maximum atomic E-state index is 13.1. The lowest BCUT2D eigenvalue weighted by Crippen LogP contribution is -2.52. The molecule has 0 radical (unpaired) electrons. The Balaban J connectivity index is 0.923. The third kappa shape index (κ3) is 6.00. The van der Waals surface area contributed by atoms with E-state index in [0.717, 1.165) is 67.9 Å². The molecule has 3 aliphatic heterocycles. The van der Waals surface area contributed by atoms with Gasteiger partial charge in [-0.3, -0.25) is 34.9 Å². The van der Waals surface area contributed by atoms with Crippen LogP contribution in [0, 0.1) is 5.41 Å². The number of benzene rings is 2. The highest BCUT2D eigenvalue weighted by atomic mass is 16.5. The minimum Gasteiger partial charge on any atom is -0.490 e. The highest BCUT2D eigenvalue weighted by Crippen LogP contribution is 2.50. The number of amides is 4. The molecule has 2 saturated heterocycles. The van der Waals surface area contributed by atoms with Gasteiger partial charge in [-0.15, -0.1) is 0 Å². The summed E-state index contributed by atoms with van der Waals surface area (Å²) in [4.78, 5) is 56.5. The van der Waals surface area contributed by atoms with Crippen molar-refractivity contribution in [3.05, 3.63) is 77.5 Å². The SMILES string of the molecule is O=C(O)Nc1ccc(OC2CC3(CCN(Cc4ccnc(-c5ccc6c(c5)CN(C5CCC(=O)NC5=O)C6=O)c4)CC3)C2)cc1. The van der Waals surface area contributed by atoms with Gasteiger partial charge in [0.2, 0.25) is 11.8 Å². The molecule has 1 unspecified atom stereocenters. The summed E-state index contributed by atoms with van der Waals surface area (Å²) in [5.74, 6) is -0.115. The number of carbonyl (C=O) groups is 4. The van der Waals surface area contributed by atoms with Gasteiger partial charge in [-0.05, 0) is 110 Å². The third-order valence-corrected chi connectivity index (χ3v) is 9.70. The van der Waals surface area contributed by atoms with E-state index in [-0.39, 0.29) is 24.3 Å². The Labute approximate surface area is 260 Å². The maximum absolute atomic E-state index is 13.1. The van der Waals surface area contributed by atoms with Gasteiger partial charge in [0.15, 0.2) is 0 Å². The zero-order valence-electron chi connectivity index (χ0n) is 24.8. The van der Waals surface area contributed by atoms with Gasteiger partial charge in [0.25, 0.3) is 5.91 Å². The number of carboxylic acid groups (broad SMARTS) is 1. The van der Waals surface area contributed by atoms with Gasteiger partial charge < -0.3 is 14.7 Å². The number of likely N-dealkylation sites (tertiary alicyclic amines) is 1. The second-order valence-electron chi connectivity index (χ2n) is 12.7. The number of nitrogens with one attached hydrogen (secondary N) is 2. The van der Waals surface area contributed by atoms with E-state index in [2.05, 4.69) is 32.7 Å². The van der Waals surface area contributed by atoms with E-state index in [0.29, 0.717) is 29.6 Å². The number of ether oxygens (including phenoxy) is 1. The molecular weight excluding hydrogens is 574 g/mol. The molecule has 3 N–H and O–H groups in total. The minimum atomic E-state index is -1.08. The topological polar surface area (TPSA) is 141 Å². The van der Waals surface area contributed by atoms with Crippen molar-refractivity contribution in [1.29, 1.82) is 0 Å². The summed E-state index contributed by atoms with van der Waals surface area (Å²) >= 11 is 0. The van der Waals surface area contributed by atoms with Gasteiger partial charge in [-0.25, -0.2) is 4.79 Å². The molecule has 232 valence electrons. The third-order valence-electron chi connectivity index (χ3n) is 9.70. The average molecular weight is 610 g/mol. The lowest BCUT2D eigenvalue weighted by atomic mass is 9.61. The molecule has 11 nitrogen and oxygen atoms in total. The lowest BCUT2D eigenvalue weighted by Gasteiger charge is -2.51. The molecule has 2 aromatic carbocycles. The van der Waals surface area contributed by atoms with Crippen molar-refractivity contribution < 1.29 is 29.0 Å². The average Bonchev–Trinajstić information content (AvgIpc) is 3.33. The lowest BCUT2D eigenvalue weighted by molar-refractivity contribution is -0.136. The number of imide groups is 1. The van der Waals surface area contributed by atoms with Crippen molar-refractivity contribution in [1.82, 2.24) is 20.1 Å². The second-order valence-corrected chi connectivity index (χ2v) is 12.7. The number of hydrogen-bond acceptors (Lipinski definition) is 7. The Kier molecular flexibility index (Phi) is 7.48. The summed E-state index contributed by atoms with van der Waals surface area (Å²) < 4.78 is 6.15. The summed E-state index contributed by atoms with van der Waals surface area (Å²) in [6.45, 7) is 3.23. The van der Waals surface area contributed by atoms with Crippen molar-refractivity contribution in [2.75, 3.05) is 18.4 Å². The van der Waals surface area contributed by atoms with Gasteiger partial charge in [0.05, 0.1) is 11.8 Å². The van der Waals surface area contributed by atoms with E-state index in [9.17, 15) is 19.2 Å². The fourth-order valence-corrected chi connectivity index (χ4v) is 7.24. The van der Waals surface area contributed by atoms with Crippen LogP contribution in [-0.4, -0.2) is 68.9 Å². The fraction of sp³-hybridized carbons (Fsp3) is 0.382. The van der Waals surface area contributed by atoms with Crippen LogP contribution in [0.25, 0.3) is 11.3 Å². The number of carbonyl (C=O) groups excluding carboxylic acids is 3. The zero-order chi connectivity index (χ0) is 31.1. The molecule has 4 amide bonds. The summed E-state index contributed by atoms with van der Waals surface area (Å²) in [6.07, 6.45) is 5.87. The first-order chi connectivity index (χ1) is 21.7. The normalized spacial score (nSPS) is 21.3. The van der Waals surface area contributed by atoms with Gasteiger partial charge in [-0.1, -0.05) is 6.07 Å². The molecule has 1 saturated carbocycles. The molecule has 11 heteroatoms. The van der Waals surface area contributed by atoms with Crippen LogP contribution in [0.1, 0.15) is 60.0 Å². The molecule has 3 fully saturated rings. The molecule has 7 rings (SSSR count). The molecule has 0 bridgehead atoms. The molecule has 1 atom stereocenters. The Morgan fingerprint density at radius 1 is 1.04 bits per heavy atom. The predicted octanol–water partition coefficient (Wildman–Crippen LogP) is 4.42.